The van der Waals surface area contributed by atoms with E-state index in [2.05, 4.69) is 15.4 Å². The summed E-state index contributed by atoms with van der Waals surface area (Å²) in [6.07, 6.45) is 1.86. The Bertz CT molecular complexity index is 1160. The number of amides is 1. The van der Waals surface area contributed by atoms with E-state index in [1.807, 2.05) is 38.3 Å². The van der Waals surface area contributed by atoms with E-state index in [1.54, 1.807) is 34.3 Å². The lowest BCUT2D eigenvalue weighted by Crippen LogP contribution is -2.28. The van der Waals surface area contributed by atoms with Crippen molar-refractivity contribution < 1.29 is 13.6 Å². The molecule has 1 amide bonds. The van der Waals surface area contributed by atoms with Gasteiger partial charge in [0.05, 0.1) is 34.9 Å². The average molecular weight is 425 g/mol. The van der Waals surface area contributed by atoms with Crippen LogP contribution in [0.3, 0.4) is 0 Å². The molecule has 0 aliphatic heterocycles. The average Bonchev–Trinajstić information content (AvgIpc) is 3.44. The third-order valence-corrected chi connectivity index (χ3v) is 5.77. The lowest BCUT2D eigenvalue weighted by molar-refractivity contribution is -0.121. The first-order valence-electron chi connectivity index (χ1n) is 9.52. The van der Waals surface area contributed by atoms with Crippen LogP contribution in [0.2, 0.25) is 0 Å². The molecule has 154 valence electrons. The summed E-state index contributed by atoms with van der Waals surface area (Å²) in [5.41, 5.74) is 3.16. The third-order valence-electron chi connectivity index (χ3n) is 4.92. The molecule has 1 unspecified atom stereocenters. The van der Waals surface area contributed by atoms with Crippen LogP contribution >= 0.6 is 11.3 Å². The molecule has 0 spiro atoms. The summed E-state index contributed by atoms with van der Waals surface area (Å²) >= 11 is 1.54. The Morgan fingerprint density at radius 2 is 2.03 bits per heavy atom. The minimum Gasteiger partial charge on any atom is -0.440 e. The summed E-state index contributed by atoms with van der Waals surface area (Å²) in [4.78, 5) is 18.0. The van der Waals surface area contributed by atoms with Gasteiger partial charge < -0.3 is 9.73 Å². The Kier molecular flexibility index (Phi) is 5.50. The molecule has 0 saturated heterocycles. The standard InChI is InChI=1S/C22H21FN4O2S/c1-13(18-12-24-27(14(18)2)17-8-6-16(23)7-9-17)25-21(28)11-19-15(3)29-22(26-19)20-5-4-10-30-20/h4-10,12-13H,11H2,1-3H3,(H,25,28). The highest BCUT2D eigenvalue weighted by Gasteiger charge is 2.19. The van der Waals surface area contributed by atoms with Crippen LogP contribution in [0.15, 0.2) is 52.4 Å². The van der Waals surface area contributed by atoms with Gasteiger partial charge in [-0.25, -0.2) is 14.1 Å². The Hall–Kier alpha value is -3.26. The predicted molar refractivity (Wildman–Crippen MR) is 113 cm³/mol. The molecule has 0 aliphatic carbocycles. The summed E-state index contributed by atoms with van der Waals surface area (Å²) in [7, 11) is 0. The molecular formula is C22H21FN4O2S. The molecule has 1 aromatic carbocycles. The molecule has 0 saturated carbocycles. The first-order valence-corrected chi connectivity index (χ1v) is 10.4. The Morgan fingerprint density at radius 3 is 2.73 bits per heavy atom. The number of halogens is 1. The van der Waals surface area contributed by atoms with Gasteiger partial charge in [-0.1, -0.05) is 6.07 Å². The fraction of sp³-hybridized carbons (Fsp3) is 0.227. The van der Waals surface area contributed by atoms with Crippen LogP contribution in [0.1, 0.15) is 35.7 Å². The van der Waals surface area contributed by atoms with Gasteiger partial charge in [-0.15, -0.1) is 11.3 Å². The second-order valence-electron chi connectivity index (χ2n) is 7.04. The van der Waals surface area contributed by atoms with Gasteiger partial charge >= 0.3 is 0 Å². The zero-order valence-corrected chi connectivity index (χ0v) is 17.7. The molecule has 1 atom stereocenters. The van der Waals surface area contributed by atoms with E-state index in [0.717, 1.165) is 21.8 Å². The number of carbonyl (C=O) groups is 1. The number of oxazole rings is 1. The molecule has 0 radical (unpaired) electrons. The van der Waals surface area contributed by atoms with Gasteiger partial charge in [-0.3, -0.25) is 4.79 Å². The number of aromatic nitrogens is 3. The van der Waals surface area contributed by atoms with Crippen molar-refractivity contribution in [1.29, 1.82) is 0 Å². The van der Waals surface area contributed by atoms with Crippen molar-refractivity contribution in [1.82, 2.24) is 20.1 Å². The Balaban J connectivity index is 1.45. The summed E-state index contributed by atoms with van der Waals surface area (Å²) < 4.78 is 20.6. The lowest BCUT2D eigenvalue weighted by Gasteiger charge is -2.14. The van der Waals surface area contributed by atoms with Crippen LogP contribution in [-0.4, -0.2) is 20.7 Å². The van der Waals surface area contributed by atoms with Gasteiger partial charge in [-0.05, 0) is 56.5 Å². The van der Waals surface area contributed by atoms with E-state index in [1.165, 1.54) is 12.1 Å². The molecule has 6 nitrogen and oxygen atoms in total. The zero-order chi connectivity index (χ0) is 21.3. The van der Waals surface area contributed by atoms with E-state index >= 15 is 0 Å². The smallest absolute Gasteiger partial charge is 0.236 e. The maximum Gasteiger partial charge on any atom is 0.236 e. The minimum absolute atomic E-state index is 0.135. The number of benzene rings is 1. The molecule has 1 N–H and O–H groups in total. The maximum atomic E-state index is 13.2. The van der Waals surface area contributed by atoms with Crippen LogP contribution < -0.4 is 5.32 Å². The van der Waals surface area contributed by atoms with E-state index in [0.29, 0.717) is 17.3 Å². The number of carbonyl (C=O) groups excluding carboxylic acids is 1. The molecule has 4 rings (SSSR count). The number of nitrogens with zero attached hydrogens (tertiary/aromatic N) is 3. The number of hydrogen-bond donors (Lipinski definition) is 1. The SMILES string of the molecule is Cc1oc(-c2cccs2)nc1CC(=O)NC(C)c1cnn(-c2ccc(F)cc2)c1C. The summed E-state index contributed by atoms with van der Waals surface area (Å²) in [5.74, 6) is 0.733. The molecule has 3 heterocycles. The van der Waals surface area contributed by atoms with Gasteiger partial charge in [0.1, 0.15) is 11.6 Å². The van der Waals surface area contributed by atoms with Crippen molar-refractivity contribution in [2.45, 2.75) is 33.2 Å². The van der Waals surface area contributed by atoms with Crippen LogP contribution in [0, 0.1) is 19.7 Å². The number of hydrogen-bond acceptors (Lipinski definition) is 5. The first kappa shape index (κ1) is 20.0. The molecule has 3 aromatic heterocycles. The number of thiophene rings is 1. The summed E-state index contributed by atoms with van der Waals surface area (Å²) in [6, 6.07) is 9.75. The van der Waals surface area contributed by atoms with Crippen LogP contribution in [0.25, 0.3) is 16.5 Å². The fourth-order valence-electron chi connectivity index (χ4n) is 3.31. The molecule has 0 bridgehead atoms. The van der Waals surface area contributed by atoms with Gasteiger partial charge in [0.2, 0.25) is 11.8 Å². The highest BCUT2D eigenvalue weighted by Crippen LogP contribution is 2.26. The third kappa shape index (κ3) is 4.04. The fourth-order valence-corrected chi connectivity index (χ4v) is 3.96. The number of nitrogens with one attached hydrogen (secondary N) is 1. The Morgan fingerprint density at radius 1 is 1.27 bits per heavy atom. The second kappa shape index (κ2) is 8.23. The van der Waals surface area contributed by atoms with Crippen molar-refractivity contribution in [2.24, 2.45) is 0 Å². The van der Waals surface area contributed by atoms with Crippen molar-refractivity contribution in [2.75, 3.05) is 0 Å². The number of rotatable bonds is 6. The van der Waals surface area contributed by atoms with E-state index in [4.69, 9.17) is 4.42 Å². The normalized spacial score (nSPS) is 12.1. The molecule has 0 aliphatic rings. The monoisotopic (exact) mass is 424 g/mol. The summed E-state index contributed by atoms with van der Waals surface area (Å²) in [5, 5.41) is 9.35. The van der Waals surface area contributed by atoms with Gasteiger partial charge in [0.25, 0.3) is 0 Å². The van der Waals surface area contributed by atoms with Crippen molar-refractivity contribution in [3.8, 4) is 16.5 Å². The predicted octanol–water partition coefficient (Wildman–Crippen LogP) is 4.76. The van der Waals surface area contributed by atoms with Crippen LogP contribution in [0.4, 0.5) is 4.39 Å². The summed E-state index contributed by atoms with van der Waals surface area (Å²) in [6.45, 7) is 5.64. The quantitative estimate of drug-likeness (QED) is 0.484. The second-order valence-corrected chi connectivity index (χ2v) is 7.99. The van der Waals surface area contributed by atoms with Crippen molar-refractivity contribution >= 4 is 17.2 Å². The van der Waals surface area contributed by atoms with Crippen molar-refractivity contribution in [3.63, 3.8) is 0 Å². The largest absolute Gasteiger partial charge is 0.440 e. The number of aryl methyl sites for hydroxylation is 1. The van der Waals surface area contributed by atoms with E-state index < -0.39 is 0 Å². The molecular weight excluding hydrogens is 403 g/mol. The lowest BCUT2D eigenvalue weighted by atomic mass is 10.1. The molecule has 0 fully saturated rings. The van der Waals surface area contributed by atoms with Crippen molar-refractivity contribution in [3.05, 3.63) is 76.5 Å². The van der Waals surface area contributed by atoms with Gasteiger partial charge in [-0.2, -0.15) is 5.10 Å². The Labute approximate surface area is 177 Å². The van der Waals surface area contributed by atoms with E-state index in [9.17, 15) is 9.18 Å². The highest BCUT2D eigenvalue weighted by molar-refractivity contribution is 7.13. The highest BCUT2D eigenvalue weighted by atomic mass is 32.1. The topological polar surface area (TPSA) is 73.0 Å². The molecule has 8 heteroatoms. The minimum atomic E-state index is -0.296. The molecule has 30 heavy (non-hydrogen) atoms. The van der Waals surface area contributed by atoms with Gasteiger partial charge in [0.15, 0.2) is 0 Å². The molecule has 4 aromatic rings. The maximum absolute atomic E-state index is 13.2. The van der Waals surface area contributed by atoms with Crippen LogP contribution in [0.5, 0.6) is 0 Å². The van der Waals surface area contributed by atoms with E-state index in [-0.39, 0.29) is 24.2 Å². The van der Waals surface area contributed by atoms with Gasteiger partial charge in [0, 0.05) is 11.3 Å². The first-order chi connectivity index (χ1) is 14.4. The zero-order valence-electron chi connectivity index (χ0n) is 16.8. The van der Waals surface area contributed by atoms with Crippen LogP contribution in [-0.2, 0) is 11.2 Å².